The van der Waals surface area contributed by atoms with E-state index in [1.54, 1.807) is 24.3 Å². The smallest absolute Gasteiger partial charge is 0.326 e. The Morgan fingerprint density at radius 2 is 1.65 bits per heavy atom. The second kappa shape index (κ2) is 7.29. The van der Waals surface area contributed by atoms with Gasteiger partial charge in [0.05, 0.1) is 16.7 Å². The quantitative estimate of drug-likeness (QED) is 0.522. The Hall–Kier alpha value is -3.02. The fourth-order valence-electron chi connectivity index (χ4n) is 5.15. The van der Waals surface area contributed by atoms with Gasteiger partial charge < -0.3 is 10.2 Å². The average molecular weight is 423 g/mol. The van der Waals surface area contributed by atoms with Gasteiger partial charge in [-0.25, -0.2) is 9.18 Å². The third-order valence-corrected chi connectivity index (χ3v) is 7.80. The summed E-state index contributed by atoms with van der Waals surface area (Å²) in [5, 5.41) is 7.21. The number of hydrogen-bond donors (Lipinski definition) is 1. The number of benzene rings is 2. The summed E-state index contributed by atoms with van der Waals surface area (Å²) in [7, 11) is 0. The highest BCUT2D eigenvalue weighted by molar-refractivity contribution is 6.06. The summed E-state index contributed by atoms with van der Waals surface area (Å²) in [5.41, 5.74) is 1.36. The first-order valence-corrected chi connectivity index (χ1v) is 10.5. The van der Waals surface area contributed by atoms with Crippen molar-refractivity contribution in [3.63, 3.8) is 0 Å². The van der Waals surface area contributed by atoms with Gasteiger partial charge in [0.15, 0.2) is 0 Å². The summed E-state index contributed by atoms with van der Waals surface area (Å²) < 4.78 is 13.2. The average Bonchev–Trinajstić information content (AvgIpc) is 3.05. The number of nitrogens with zero attached hydrogens (tertiary/aromatic N) is 1. The van der Waals surface area contributed by atoms with E-state index in [9.17, 15) is 14.0 Å². The minimum absolute atomic E-state index is 0.108. The van der Waals surface area contributed by atoms with Gasteiger partial charge >= 0.3 is 5.97 Å². The zero-order valence-electron chi connectivity index (χ0n) is 18.3. The van der Waals surface area contributed by atoms with E-state index in [4.69, 9.17) is 4.84 Å². The van der Waals surface area contributed by atoms with Crippen LogP contribution >= 0.6 is 0 Å². The molecule has 0 saturated heterocycles. The molecule has 0 spiro atoms. The number of fused-ring (bicyclic) bond motifs is 2. The molecule has 1 N–H and O–H groups in total. The number of amides is 1. The van der Waals surface area contributed by atoms with Gasteiger partial charge in [0.25, 0.3) is 0 Å². The Bertz CT molecular complexity index is 1060. The summed E-state index contributed by atoms with van der Waals surface area (Å²) in [6, 6.07) is 12.9. The number of rotatable bonds is 4. The van der Waals surface area contributed by atoms with Crippen LogP contribution < -0.4 is 5.32 Å². The number of anilines is 1. The summed E-state index contributed by atoms with van der Waals surface area (Å²) in [6.45, 7) is 8.19. The van der Waals surface area contributed by atoms with Gasteiger partial charge in [0.2, 0.25) is 5.91 Å². The summed E-state index contributed by atoms with van der Waals surface area (Å²) in [6.07, 6.45) is 1.91. The maximum Gasteiger partial charge on any atom is 0.365 e. The lowest BCUT2D eigenvalue weighted by atomic mass is 9.64. The highest BCUT2D eigenvalue weighted by atomic mass is 19.1. The van der Waals surface area contributed by atoms with Gasteiger partial charge in [0, 0.05) is 17.5 Å². The third-order valence-electron chi connectivity index (χ3n) is 7.80. The van der Waals surface area contributed by atoms with Crippen molar-refractivity contribution >= 4 is 23.3 Å². The van der Waals surface area contributed by atoms with Gasteiger partial charge in [-0.1, -0.05) is 43.6 Å². The zero-order chi connectivity index (χ0) is 22.4. The van der Waals surface area contributed by atoms with E-state index in [1.807, 2.05) is 19.1 Å². The van der Waals surface area contributed by atoms with Crippen molar-refractivity contribution in [1.29, 1.82) is 0 Å². The number of aryl methyl sites for hydroxylation is 1. The molecule has 2 aromatic rings. The van der Waals surface area contributed by atoms with Crippen molar-refractivity contribution in [3.8, 4) is 0 Å². The monoisotopic (exact) mass is 422 g/mol. The molecular weight excluding hydrogens is 395 g/mol. The Morgan fingerprint density at radius 1 is 1.00 bits per heavy atom. The highest BCUT2D eigenvalue weighted by Gasteiger charge is 2.71. The Balaban J connectivity index is 1.57. The normalized spacial score (nSPS) is 27.3. The summed E-state index contributed by atoms with van der Waals surface area (Å²) in [4.78, 5) is 31.1. The number of carbonyl (C=O) groups is 2. The van der Waals surface area contributed by atoms with Crippen LogP contribution in [-0.2, 0) is 9.63 Å². The lowest BCUT2D eigenvalue weighted by Crippen LogP contribution is -2.43. The molecule has 31 heavy (non-hydrogen) atoms. The maximum absolute atomic E-state index is 13.4. The van der Waals surface area contributed by atoms with E-state index in [1.165, 1.54) is 12.1 Å². The van der Waals surface area contributed by atoms with E-state index < -0.39 is 11.4 Å². The minimum Gasteiger partial charge on any atom is -0.326 e. The van der Waals surface area contributed by atoms with E-state index in [0.29, 0.717) is 24.1 Å². The molecule has 162 valence electrons. The molecule has 0 heterocycles. The van der Waals surface area contributed by atoms with Crippen LogP contribution in [0.5, 0.6) is 0 Å². The van der Waals surface area contributed by atoms with Gasteiger partial charge in [-0.05, 0) is 61.6 Å². The van der Waals surface area contributed by atoms with E-state index >= 15 is 0 Å². The SMILES string of the molecule is Cc1ccc(C(=O)ON=C2CC3(C(=O)Nc4ccc(F)cc4)CCC2(C)C3(C)C)cc1. The van der Waals surface area contributed by atoms with E-state index in [0.717, 1.165) is 17.7 Å². The van der Waals surface area contributed by atoms with Crippen LogP contribution in [0.1, 0.15) is 56.0 Å². The molecule has 2 saturated carbocycles. The number of hydrogen-bond acceptors (Lipinski definition) is 4. The van der Waals surface area contributed by atoms with E-state index in [2.05, 4.69) is 31.2 Å². The molecule has 2 aromatic carbocycles. The molecule has 2 bridgehead atoms. The highest BCUT2D eigenvalue weighted by Crippen LogP contribution is 2.71. The second-order valence-electron chi connectivity index (χ2n) is 9.46. The van der Waals surface area contributed by atoms with Gasteiger partial charge in [0.1, 0.15) is 5.82 Å². The molecule has 6 heteroatoms. The zero-order valence-corrected chi connectivity index (χ0v) is 18.3. The first-order valence-electron chi connectivity index (χ1n) is 10.5. The van der Waals surface area contributed by atoms with Crippen molar-refractivity contribution in [2.75, 3.05) is 5.32 Å². The lowest BCUT2D eigenvalue weighted by Gasteiger charge is -2.39. The van der Waals surface area contributed by atoms with Crippen LogP contribution in [0.2, 0.25) is 0 Å². The molecule has 2 fully saturated rings. The van der Waals surface area contributed by atoms with Gasteiger partial charge in [-0.3, -0.25) is 4.79 Å². The van der Waals surface area contributed by atoms with Crippen LogP contribution in [0.3, 0.4) is 0 Å². The number of halogens is 1. The molecule has 2 aliphatic carbocycles. The van der Waals surface area contributed by atoms with Crippen LogP contribution in [0.25, 0.3) is 0 Å². The molecule has 2 unspecified atom stereocenters. The number of nitrogens with one attached hydrogen (secondary N) is 1. The predicted molar refractivity (Wildman–Crippen MR) is 117 cm³/mol. The Kier molecular flexibility index (Phi) is 4.99. The van der Waals surface area contributed by atoms with Gasteiger partial charge in [-0.15, -0.1) is 0 Å². The second-order valence-corrected chi connectivity index (χ2v) is 9.46. The fourth-order valence-corrected chi connectivity index (χ4v) is 5.15. The largest absolute Gasteiger partial charge is 0.365 e. The molecule has 4 rings (SSSR count). The first kappa shape index (κ1) is 21.2. The van der Waals surface area contributed by atoms with E-state index in [-0.39, 0.29) is 22.6 Å². The molecule has 2 atom stereocenters. The summed E-state index contributed by atoms with van der Waals surface area (Å²) >= 11 is 0. The standard InChI is InChI=1S/C25H27FN2O3/c1-16-5-7-17(8-6-16)21(29)31-28-20-15-25(14-13-24(20,4)23(25,2)3)22(30)27-19-11-9-18(26)10-12-19/h5-12H,13-15H2,1-4H3,(H,27,30). The molecule has 0 aliphatic heterocycles. The van der Waals surface area contributed by atoms with Crippen molar-refractivity contribution < 1.29 is 18.8 Å². The molecule has 2 aliphatic rings. The predicted octanol–water partition coefficient (Wildman–Crippen LogP) is 5.50. The van der Waals surface area contributed by atoms with Crippen LogP contribution in [0.4, 0.5) is 10.1 Å². The first-order chi connectivity index (χ1) is 14.6. The number of carbonyl (C=O) groups excluding carboxylic acids is 2. The summed E-state index contributed by atoms with van der Waals surface area (Å²) in [5.74, 6) is -0.972. The minimum atomic E-state index is -0.675. The van der Waals surface area contributed by atoms with Crippen LogP contribution in [0, 0.1) is 29.0 Å². The molecule has 1 amide bonds. The van der Waals surface area contributed by atoms with Crippen LogP contribution in [0.15, 0.2) is 53.7 Å². The van der Waals surface area contributed by atoms with Crippen molar-refractivity contribution in [2.45, 2.75) is 47.0 Å². The molecule has 0 aromatic heterocycles. The maximum atomic E-state index is 13.4. The lowest BCUT2D eigenvalue weighted by molar-refractivity contribution is -0.130. The third kappa shape index (κ3) is 3.25. The molecule has 5 nitrogen and oxygen atoms in total. The fraction of sp³-hybridized carbons (Fsp3) is 0.400. The van der Waals surface area contributed by atoms with Crippen molar-refractivity contribution in [3.05, 3.63) is 65.5 Å². The Morgan fingerprint density at radius 3 is 2.29 bits per heavy atom. The van der Waals surface area contributed by atoms with Gasteiger partial charge in [-0.2, -0.15) is 0 Å². The van der Waals surface area contributed by atoms with Crippen molar-refractivity contribution in [2.24, 2.45) is 21.4 Å². The molecular formula is C25H27FN2O3. The molecule has 0 radical (unpaired) electrons. The van der Waals surface area contributed by atoms with Crippen LogP contribution in [-0.4, -0.2) is 17.6 Å². The Labute approximate surface area is 181 Å². The van der Waals surface area contributed by atoms with Crippen molar-refractivity contribution in [1.82, 2.24) is 0 Å². The number of oxime groups is 1. The topological polar surface area (TPSA) is 67.8 Å².